The van der Waals surface area contributed by atoms with E-state index in [0.29, 0.717) is 12.8 Å². The maximum Gasteiger partial charge on any atom is 0.306 e. The zero-order chi connectivity index (χ0) is 18.2. The highest BCUT2D eigenvalue weighted by atomic mass is 16.5. The van der Waals surface area contributed by atoms with Crippen molar-refractivity contribution < 1.29 is 19.1 Å². The van der Waals surface area contributed by atoms with Crippen molar-refractivity contribution in [1.82, 2.24) is 0 Å². The largest absolute Gasteiger partial charge is 0.462 e. The van der Waals surface area contributed by atoms with Crippen LogP contribution < -0.4 is 0 Å². The van der Waals surface area contributed by atoms with Gasteiger partial charge in [0.1, 0.15) is 12.2 Å². The third-order valence-corrected chi connectivity index (χ3v) is 6.65. The Balaban J connectivity index is 1.49. The zero-order valence-corrected chi connectivity index (χ0v) is 16.3. The van der Waals surface area contributed by atoms with Gasteiger partial charge in [0, 0.05) is 0 Å². The lowest BCUT2D eigenvalue weighted by Gasteiger charge is -2.29. The summed E-state index contributed by atoms with van der Waals surface area (Å²) in [4.78, 5) is 25.1. The van der Waals surface area contributed by atoms with Crippen molar-refractivity contribution >= 4 is 11.9 Å². The van der Waals surface area contributed by atoms with Crippen LogP contribution in [0.4, 0.5) is 0 Å². The van der Waals surface area contributed by atoms with Gasteiger partial charge in [-0.15, -0.1) is 0 Å². The Labute approximate surface area is 158 Å². The Kier molecular flexibility index (Phi) is 7.39. The second-order valence-corrected chi connectivity index (χ2v) is 8.91. The summed E-state index contributed by atoms with van der Waals surface area (Å²) in [6.45, 7) is 0. The standard InChI is InChI=1S/C22H36O4/c23-20(25-18-10-4-1-2-5-11-18)16-22(14-8-9-15-22)17-21(24)26-19-12-6-3-7-13-19/h18-19H,1-17H2. The fraction of sp³-hybridized carbons (Fsp3) is 0.909. The maximum absolute atomic E-state index is 12.6. The van der Waals surface area contributed by atoms with E-state index in [4.69, 9.17) is 9.47 Å². The average molecular weight is 365 g/mol. The molecule has 0 aliphatic heterocycles. The van der Waals surface area contributed by atoms with Crippen LogP contribution in [0.15, 0.2) is 0 Å². The summed E-state index contributed by atoms with van der Waals surface area (Å²) in [5, 5.41) is 0. The van der Waals surface area contributed by atoms with Crippen LogP contribution >= 0.6 is 0 Å². The van der Waals surface area contributed by atoms with Crippen molar-refractivity contribution in [1.29, 1.82) is 0 Å². The Bertz CT molecular complexity index is 453. The van der Waals surface area contributed by atoms with E-state index >= 15 is 0 Å². The van der Waals surface area contributed by atoms with Gasteiger partial charge >= 0.3 is 11.9 Å². The third kappa shape index (κ3) is 5.99. The Morgan fingerprint density at radius 1 is 0.615 bits per heavy atom. The first kappa shape index (κ1) is 19.7. The van der Waals surface area contributed by atoms with Crippen LogP contribution in [-0.2, 0) is 19.1 Å². The molecule has 0 aromatic heterocycles. The Morgan fingerprint density at radius 3 is 1.42 bits per heavy atom. The molecule has 0 unspecified atom stereocenters. The fourth-order valence-corrected chi connectivity index (χ4v) is 5.15. The molecule has 0 bridgehead atoms. The molecule has 3 fully saturated rings. The summed E-state index contributed by atoms with van der Waals surface area (Å²) in [7, 11) is 0. The van der Waals surface area contributed by atoms with E-state index in [-0.39, 0.29) is 29.6 Å². The monoisotopic (exact) mass is 364 g/mol. The normalized spacial score (nSPS) is 24.8. The third-order valence-electron chi connectivity index (χ3n) is 6.65. The van der Waals surface area contributed by atoms with Gasteiger partial charge in [-0.3, -0.25) is 9.59 Å². The molecule has 3 rings (SSSR count). The van der Waals surface area contributed by atoms with Crippen LogP contribution in [0.3, 0.4) is 0 Å². The van der Waals surface area contributed by atoms with Crippen LogP contribution in [-0.4, -0.2) is 24.1 Å². The summed E-state index contributed by atoms with van der Waals surface area (Å²) in [6, 6.07) is 0. The van der Waals surface area contributed by atoms with E-state index in [1.54, 1.807) is 0 Å². The van der Waals surface area contributed by atoms with E-state index in [0.717, 1.165) is 77.0 Å². The van der Waals surface area contributed by atoms with E-state index in [9.17, 15) is 9.59 Å². The zero-order valence-electron chi connectivity index (χ0n) is 16.3. The Morgan fingerprint density at radius 2 is 1.00 bits per heavy atom. The minimum Gasteiger partial charge on any atom is -0.462 e. The molecule has 0 aromatic carbocycles. The number of esters is 2. The van der Waals surface area contributed by atoms with Crippen molar-refractivity contribution in [2.24, 2.45) is 5.41 Å². The summed E-state index contributed by atoms with van der Waals surface area (Å²) >= 11 is 0. The fourth-order valence-electron chi connectivity index (χ4n) is 5.15. The number of rotatable bonds is 6. The molecule has 148 valence electrons. The maximum atomic E-state index is 12.6. The number of ether oxygens (including phenoxy) is 2. The highest BCUT2D eigenvalue weighted by Gasteiger charge is 2.40. The van der Waals surface area contributed by atoms with Gasteiger partial charge in [0.05, 0.1) is 12.8 Å². The van der Waals surface area contributed by atoms with E-state index in [1.165, 1.54) is 19.3 Å². The molecule has 0 radical (unpaired) electrons. The van der Waals surface area contributed by atoms with Gasteiger partial charge in [0.2, 0.25) is 0 Å². The van der Waals surface area contributed by atoms with Gasteiger partial charge in [-0.2, -0.15) is 0 Å². The predicted octanol–water partition coefficient (Wildman–Crippen LogP) is 5.47. The SMILES string of the molecule is O=C(CC1(CC(=O)OC2CCCCC2)CCCC1)OC1CCCCCC1. The van der Waals surface area contributed by atoms with E-state index in [2.05, 4.69) is 0 Å². The number of carbonyl (C=O) groups excluding carboxylic acids is 2. The minimum absolute atomic E-state index is 0.0933. The minimum atomic E-state index is -0.215. The van der Waals surface area contributed by atoms with E-state index in [1.807, 2.05) is 0 Å². The molecular weight excluding hydrogens is 328 g/mol. The number of carbonyl (C=O) groups is 2. The van der Waals surface area contributed by atoms with Gasteiger partial charge in [-0.25, -0.2) is 0 Å². The average Bonchev–Trinajstić information content (AvgIpc) is 2.90. The number of hydrogen-bond acceptors (Lipinski definition) is 4. The topological polar surface area (TPSA) is 52.6 Å². The van der Waals surface area contributed by atoms with Crippen molar-refractivity contribution in [3.8, 4) is 0 Å². The predicted molar refractivity (Wildman–Crippen MR) is 101 cm³/mol. The van der Waals surface area contributed by atoms with Gasteiger partial charge in [0.15, 0.2) is 0 Å². The van der Waals surface area contributed by atoms with Crippen LogP contribution in [0.5, 0.6) is 0 Å². The highest BCUT2D eigenvalue weighted by molar-refractivity contribution is 5.74. The molecule has 3 aliphatic carbocycles. The van der Waals surface area contributed by atoms with Crippen LogP contribution in [0.1, 0.15) is 109 Å². The molecule has 26 heavy (non-hydrogen) atoms. The van der Waals surface area contributed by atoms with Crippen molar-refractivity contribution in [2.75, 3.05) is 0 Å². The van der Waals surface area contributed by atoms with Gasteiger partial charge in [-0.05, 0) is 69.6 Å². The molecule has 0 N–H and O–H groups in total. The molecule has 0 saturated heterocycles. The number of hydrogen-bond donors (Lipinski definition) is 0. The molecule has 3 saturated carbocycles. The van der Waals surface area contributed by atoms with Gasteiger partial charge in [-0.1, -0.05) is 32.1 Å². The van der Waals surface area contributed by atoms with Crippen molar-refractivity contribution in [2.45, 2.75) is 121 Å². The smallest absolute Gasteiger partial charge is 0.306 e. The molecule has 0 amide bonds. The summed E-state index contributed by atoms with van der Waals surface area (Å²) in [5.74, 6) is -0.190. The van der Waals surface area contributed by atoms with Crippen molar-refractivity contribution in [3.05, 3.63) is 0 Å². The second-order valence-electron chi connectivity index (χ2n) is 8.91. The molecular formula is C22H36O4. The first-order chi connectivity index (χ1) is 12.7. The molecule has 4 nitrogen and oxygen atoms in total. The lowest BCUT2D eigenvalue weighted by molar-refractivity contribution is -0.157. The first-order valence-electron chi connectivity index (χ1n) is 11.0. The lowest BCUT2D eigenvalue weighted by Crippen LogP contribution is -2.30. The van der Waals surface area contributed by atoms with Crippen LogP contribution in [0.25, 0.3) is 0 Å². The molecule has 0 atom stereocenters. The Hall–Kier alpha value is -1.06. The molecule has 0 aromatic rings. The lowest BCUT2D eigenvalue weighted by atomic mass is 9.79. The summed E-state index contributed by atoms with van der Waals surface area (Å²) in [5.41, 5.74) is -0.215. The van der Waals surface area contributed by atoms with Crippen LogP contribution in [0, 0.1) is 5.41 Å². The molecule has 0 spiro atoms. The van der Waals surface area contributed by atoms with Crippen molar-refractivity contribution in [3.63, 3.8) is 0 Å². The first-order valence-corrected chi connectivity index (χ1v) is 11.0. The highest BCUT2D eigenvalue weighted by Crippen LogP contribution is 2.45. The quantitative estimate of drug-likeness (QED) is 0.463. The second kappa shape index (κ2) is 9.75. The van der Waals surface area contributed by atoms with Gasteiger partial charge < -0.3 is 9.47 Å². The summed E-state index contributed by atoms with van der Waals surface area (Å²) < 4.78 is 11.5. The molecule has 3 aliphatic rings. The van der Waals surface area contributed by atoms with Gasteiger partial charge in [0.25, 0.3) is 0 Å². The van der Waals surface area contributed by atoms with Crippen LogP contribution in [0.2, 0.25) is 0 Å². The van der Waals surface area contributed by atoms with E-state index < -0.39 is 0 Å². The molecule has 4 heteroatoms. The summed E-state index contributed by atoms with van der Waals surface area (Å²) in [6.07, 6.45) is 17.5. The molecule has 0 heterocycles.